The van der Waals surface area contributed by atoms with Crippen LogP contribution >= 0.6 is 27.2 Å². The van der Waals surface area contributed by atoms with Crippen LogP contribution in [-0.2, 0) is 17.1 Å². The van der Waals surface area contributed by atoms with Gasteiger partial charge in [-0.3, -0.25) is 0 Å². The zero-order valence-electron chi connectivity index (χ0n) is 30.1. The van der Waals surface area contributed by atoms with Gasteiger partial charge in [0.1, 0.15) is 31.8 Å². The van der Waals surface area contributed by atoms with Crippen LogP contribution in [0.2, 0.25) is 0 Å². The standard InChI is InChI=1S/2C18H15P.C13H9N2S.Cu/c2*1-4-10-16(11-5-1)19(17-12-6-2-7-13-17)18-14-8-3-9-15-18;1-2-5-11(13-8-16-9-15-13)10(4-1)12-6-3-7-14-12;/h2*1-15H;1-9H;/q;;-1;+1/p+2. The average Bonchev–Trinajstić information content (AvgIpc) is 4.01. The molecule has 6 heteroatoms. The first-order valence-electron chi connectivity index (χ1n) is 18.0. The molecule has 0 aliphatic rings. The summed E-state index contributed by atoms with van der Waals surface area (Å²) in [6, 6.07) is 77.2. The molecule has 272 valence electrons. The molecule has 2 nitrogen and oxygen atoms in total. The summed E-state index contributed by atoms with van der Waals surface area (Å²) < 4.78 is 0. The number of benzene rings is 7. The molecule has 0 atom stereocenters. The van der Waals surface area contributed by atoms with Gasteiger partial charge in [-0.25, -0.2) is 4.98 Å². The molecule has 0 fully saturated rings. The minimum Gasteiger partial charge on any atom is -0.664 e. The summed E-state index contributed by atoms with van der Waals surface area (Å²) in [4.78, 5) is 8.68. The van der Waals surface area contributed by atoms with Gasteiger partial charge in [0, 0.05) is 10.9 Å². The van der Waals surface area contributed by atoms with E-state index in [4.69, 9.17) is 0 Å². The van der Waals surface area contributed by atoms with Gasteiger partial charge in [0.25, 0.3) is 0 Å². The van der Waals surface area contributed by atoms with E-state index in [1.165, 1.54) is 31.8 Å². The van der Waals surface area contributed by atoms with Gasteiger partial charge in [0.15, 0.2) is 0 Å². The van der Waals surface area contributed by atoms with Crippen molar-refractivity contribution < 1.29 is 17.1 Å². The van der Waals surface area contributed by atoms with E-state index in [1.54, 1.807) is 11.3 Å². The van der Waals surface area contributed by atoms with Crippen LogP contribution in [0.3, 0.4) is 0 Å². The number of nitrogens with zero attached hydrogens (tertiary/aromatic N) is 2. The summed E-state index contributed by atoms with van der Waals surface area (Å²) in [5.41, 5.74) is 6.15. The third-order valence-electron chi connectivity index (χ3n) is 8.84. The second kappa shape index (κ2) is 21.1. The van der Waals surface area contributed by atoms with E-state index in [0.717, 1.165) is 22.5 Å². The Morgan fingerprint density at radius 1 is 0.364 bits per heavy atom. The molecule has 0 amide bonds. The average molecular weight is 815 g/mol. The first-order valence-corrected chi connectivity index (χ1v) is 21.9. The Bertz CT molecular complexity index is 2000. The van der Waals surface area contributed by atoms with Crippen molar-refractivity contribution in [3.05, 3.63) is 235 Å². The van der Waals surface area contributed by atoms with Gasteiger partial charge in [-0.2, -0.15) is 6.20 Å². The maximum atomic E-state index is 4.35. The fourth-order valence-electron chi connectivity index (χ4n) is 6.36. The van der Waals surface area contributed by atoms with E-state index in [2.05, 4.69) is 209 Å². The molecule has 0 radical (unpaired) electrons. The summed E-state index contributed by atoms with van der Waals surface area (Å²) in [5.74, 6) is 0. The van der Waals surface area contributed by atoms with Gasteiger partial charge in [0.2, 0.25) is 0 Å². The second-order valence-electron chi connectivity index (χ2n) is 12.4. The molecule has 0 N–H and O–H groups in total. The van der Waals surface area contributed by atoms with Gasteiger partial charge in [-0.15, -0.1) is 17.0 Å². The summed E-state index contributed by atoms with van der Waals surface area (Å²) in [5, 5.41) is 10.7. The largest absolute Gasteiger partial charge is 1.00 e. The maximum absolute atomic E-state index is 4.35. The number of hydrogen-bond donors (Lipinski definition) is 0. The third-order valence-corrected chi connectivity index (χ3v) is 14.9. The Labute approximate surface area is 342 Å². The molecule has 2 heterocycles. The molecule has 0 bridgehead atoms. The van der Waals surface area contributed by atoms with Crippen molar-refractivity contribution in [1.29, 1.82) is 0 Å². The van der Waals surface area contributed by atoms with Gasteiger partial charge in [-0.05, 0) is 78.4 Å². The molecular formula is C49H41CuN2P2S+2. The quantitative estimate of drug-likeness (QED) is 0.113. The van der Waals surface area contributed by atoms with E-state index >= 15 is 0 Å². The normalized spacial score (nSPS) is 10.4. The zero-order valence-corrected chi connectivity index (χ0v) is 33.9. The molecule has 7 aromatic carbocycles. The fraction of sp³-hybridized carbons (Fsp3) is 0. The molecule has 2 aromatic heterocycles. The first kappa shape index (κ1) is 39.5. The summed E-state index contributed by atoms with van der Waals surface area (Å²) >= 11 is 1.61. The van der Waals surface area contributed by atoms with Crippen LogP contribution in [0.5, 0.6) is 0 Å². The minimum absolute atomic E-state index is 0. The molecule has 0 aliphatic carbocycles. The van der Waals surface area contributed by atoms with E-state index in [-0.39, 0.29) is 17.1 Å². The first-order chi connectivity index (χ1) is 26.8. The van der Waals surface area contributed by atoms with Gasteiger partial charge in [0.05, 0.1) is 27.0 Å². The Balaban J connectivity index is 0.000000140. The SMILES string of the molecule is [Cu+].c1c[n-]c(-c2ccccc2-c2cscn2)c1.c1ccc([PH+](c2ccccc2)c2ccccc2)cc1.c1ccc([PH+](c2ccccc2)c2ccccc2)cc1. The molecule has 0 aliphatic heterocycles. The maximum Gasteiger partial charge on any atom is 1.00 e. The van der Waals surface area contributed by atoms with Crippen molar-refractivity contribution in [2.75, 3.05) is 0 Å². The minimum atomic E-state index is -0.877. The summed E-state index contributed by atoms with van der Waals surface area (Å²) in [6.45, 7) is 0. The Morgan fingerprint density at radius 2 is 0.691 bits per heavy atom. The van der Waals surface area contributed by atoms with Crippen LogP contribution in [0.1, 0.15) is 0 Å². The van der Waals surface area contributed by atoms with Crippen molar-refractivity contribution in [3.8, 4) is 22.5 Å². The molecule has 0 spiro atoms. The van der Waals surface area contributed by atoms with Crippen LogP contribution in [-0.4, -0.2) is 4.98 Å². The summed E-state index contributed by atoms with van der Waals surface area (Å²) in [7, 11) is -1.75. The van der Waals surface area contributed by atoms with E-state index < -0.39 is 15.8 Å². The number of thiazole rings is 1. The van der Waals surface area contributed by atoms with Gasteiger partial charge in [-0.1, -0.05) is 146 Å². The number of aromatic nitrogens is 2. The zero-order chi connectivity index (χ0) is 36.6. The third kappa shape index (κ3) is 10.7. The second-order valence-corrected chi connectivity index (χ2v) is 18.1. The topological polar surface area (TPSA) is 27.0 Å². The van der Waals surface area contributed by atoms with Crippen molar-refractivity contribution in [2.24, 2.45) is 0 Å². The van der Waals surface area contributed by atoms with Crippen LogP contribution < -0.4 is 36.8 Å². The molecule has 0 unspecified atom stereocenters. The Hall–Kier alpha value is -5.17. The van der Waals surface area contributed by atoms with Crippen LogP contribution in [0.4, 0.5) is 0 Å². The van der Waals surface area contributed by atoms with Crippen LogP contribution in [0.15, 0.2) is 235 Å². The van der Waals surface area contributed by atoms with E-state index in [1.807, 2.05) is 36.0 Å². The molecular weight excluding hydrogens is 774 g/mol. The predicted octanol–water partition coefficient (Wildman–Crippen LogP) is 9.79. The van der Waals surface area contributed by atoms with Gasteiger partial charge < -0.3 is 4.98 Å². The monoisotopic (exact) mass is 814 g/mol. The number of rotatable bonds is 8. The van der Waals surface area contributed by atoms with Crippen molar-refractivity contribution >= 4 is 59.0 Å². The van der Waals surface area contributed by atoms with Crippen molar-refractivity contribution in [2.45, 2.75) is 0 Å². The molecule has 0 saturated carbocycles. The van der Waals surface area contributed by atoms with Crippen molar-refractivity contribution in [1.82, 2.24) is 9.97 Å². The van der Waals surface area contributed by atoms with E-state index in [0.29, 0.717) is 0 Å². The Kier molecular flexibility index (Phi) is 15.1. The molecule has 9 rings (SSSR count). The van der Waals surface area contributed by atoms with Crippen LogP contribution in [0, 0.1) is 0 Å². The predicted molar refractivity (Wildman–Crippen MR) is 239 cm³/mol. The smallest absolute Gasteiger partial charge is 0.664 e. The Morgan fingerprint density at radius 3 is 0.982 bits per heavy atom. The molecule has 9 aromatic rings. The van der Waals surface area contributed by atoms with Crippen molar-refractivity contribution in [3.63, 3.8) is 0 Å². The van der Waals surface area contributed by atoms with E-state index in [9.17, 15) is 0 Å². The molecule has 55 heavy (non-hydrogen) atoms. The van der Waals surface area contributed by atoms with Gasteiger partial charge >= 0.3 is 17.1 Å². The molecule has 0 saturated heterocycles. The van der Waals surface area contributed by atoms with Crippen LogP contribution in [0.25, 0.3) is 22.5 Å². The fourth-order valence-corrected chi connectivity index (χ4v) is 12.1. The number of hydrogen-bond acceptors (Lipinski definition) is 2. The summed E-state index contributed by atoms with van der Waals surface area (Å²) in [6.07, 6.45) is 1.81.